The Balaban J connectivity index is 1.75. The van der Waals surface area contributed by atoms with Gasteiger partial charge in [0, 0.05) is 47.6 Å². The zero-order valence-corrected chi connectivity index (χ0v) is 18.0. The molecule has 0 spiro atoms. The van der Waals surface area contributed by atoms with Gasteiger partial charge < -0.3 is 9.47 Å². The Kier molecular flexibility index (Phi) is 6.68. The number of aryl methyl sites for hydroxylation is 1. The first kappa shape index (κ1) is 22.4. The molecule has 8 heteroatoms. The van der Waals surface area contributed by atoms with Crippen molar-refractivity contribution in [3.8, 4) is 5.69 Å². The summed E-state index contributed by atoms with van der Waals surface area (Å²) in [5, 5.41) is 4.13. The maximum atomic E-state index is 12.6. The summed E-state index contributed by atoms with van der Waals surface area (Å²) in [5.74, 6) is 0.241. The van der Waals surface area contributed by atoms with E-state index >= 15 is 0 Å². The molecule has 2 aromatic heterocycles. The molecule has 3 aromatic rings. The van der Waals surface area contributed by atoms with Crippen molar-refractivity contribution < 1.29 is 13.2 Å². The van der Waals surface area contributed by atoms with E-state index in [0.717, 1.165) is 48.0 Å². The smallest absolute Gasteiger partial charge is 0.372 e. The number of halogens is 3. The van der Waals surface area contributed by atoms with Crippen molar-refractivity contribution in [2.24, 2.45) is 5.10 Å². The van der Waals surface area contributed by atoms with Gasteiger partial charge in [0.2, 0.25) is 0 Å². The zero-order valence-electron chi connectivity index (χ0n) is 18.0. The topological polar surface area (TPSA) is 45.5 Å². The van der Waals surface area contributed by atoms with E-state index in [1.54, 1.807) is 6.21 Å². The summed E-state index contributed by atoms with van der Waals surface area (Å²) >= 11 is 0. The first-order chi connectivity index (χ1) is 14.7. The Morgan fingerprint density at radius 3 is 2.29 bits per heavy atom. The van der Waals surface area contributed by atoms with Gasteiger partial charge in [0.25, 0.3) is 0 Å². The SMILES string of the molecule is CCN(CC)c1ccc(-n2c(C)cc(/C=N\Nc3ccc(C(F)(F)F)cn3)c2C)cc1. The van der Waals surface area contributed by atoms with Crippen LogP contribution in [0.3, 0.4) is 0 Å². The second kappa shape index (κ2) is 9.24. The fourth-order valence-electron chi connectivity index (χ4n) is 3.51. The van der Waals surface area contributed by atoms with Gasteiger partial charge in [-0.2, -0.15) is 18.3 Å². The van der Waals surface area contributed by atoms with Crippen LogP contribution in [0.2, 0.25) is 0 Å². The highest BCUT2D eigenvalue weighted by Gasteiger charge is 2.30. The van der Waals surface area contributed by atoms with Crippen LogP contribution in [0.4, 0.5) is 24.7 Å². The molecular formula is C23H26F3N5. The fraction of sp³-hybridized carbons (Fsp3) is 0.304. The highest BCUT2D eigenvalue weighted by atomic mass is 19.4. The van der Waals surface area contributed by atoms with Crippen LogP contribution >= 0.6 is 0 Å². The number of benzene rings is 1. The standard InChI is InChI=1S/C23H26F3N5/c1-5-30(6-2)20-8-10-21(11-9-20)31-16(3)13-18(17(31)4)14-28-29-22-12-7-19(15-27-22)23(24,25)26/h7-15H,5-6H2,1-4H3,(H,27,29)/b28-14-. The van der Waals surface area contributed by atoms with Crippen molar-refractivity contribution in [3.05, 3.63) is 71.2 Å². The van der Waals surface area contributed by atoms with Crippen molar-refractivity contribution in [1.82, 2.24) is 9.55 Å². The molecule has 0 radical (unpaired) electrons. The Hall–Kier alpha value is -3.29. The van der Waals surface area contributed by atoms with E-state index in [1.807, 2.05) is 19.9 Å². The molecule has 1 aromatic carbocycles. The number of nitrogens with zero attached hydrogens (tertiary/aromatic N) is 4. The van der Waals surface area contributed by atoms with Gasteiger partial charge in [0.05, 0.1) is 11.8 Å². The molecule has 164 valence electrons. The van der Waals surface area contributed by atoms with Crippen LogP contribution in [0.15, 0.2) is 53.8 Å². The van der Waals surface area contributed by atoms with E-state index in [1.165, 1.54) is 11.8 Å². The molecule has 0 aliphatic rings. The van der Waals surface area contributed by atoms with Crippen molar-refractivity contribution in [3.63, 3.8) is 0 Å². The van der Waals surface area contributed by atoms with Crippen LogP contribution < -0.4 is 10.3 Å². The summed E-state index contributed by atoms with van der Waals surface area (Å²) in [7, 11) is 0. The monoisotopic (exact) mass is 429 g/mol. The molecule has 0 fully saturated rings. The third-order valence-corrected chi connectivity index (χ3v) is 5.18. The molecule has 3 rings (SSSR count). The second-order valence-electron chi connectivity index (χ2n) is 7.15. The number of hydrazone groups is 1. The van der Waals surface area contributed by atoms with E-state index in [-0.39, 0.29) is 5.82 Å². The van der Waals surface area contributed by atoms with Gasteiger partial charge in [-0.05, 0) is 70.2 Å². The van der Waals surface area contributed by atoms with E-state index in [2.05, 4.69) is 63.1 Å². The Bertz CT molecular complexity index is 1030. The van der Waals surface area contributed by atoms with Gasteiger partial charge in [-0.1, -0.05) is 0 Å². The average molecular weight is 429 g/mol. The first-order valence-electron chi connectivity index (χ1n) is 10.1. The maximum absolute atomic E-state index is 12.6. The number of pyridine rings is 1. The van der Waals surface area contributed by atoms with Gasteiger partial charge in [-0.3, -0.25) is 5.43 Å². The van der Waals surface area contributed by atoms with Crippen LogP contribution in [0.5, 0.6) is 0 Å². The van der Waals surface area contributed by atoms with Gasteiger partial charge >= 0.3 is 6.18 Å². The molecule has 0 amide bonds. The number of hydrogen-bond donors (Lipinski definition) is 1. The van der Waals surface area contributed by atoms with E-state index in [9.17, 15) is 13.2 Å². The molecule has 31 heavy (non-hydrogen) atoms. The number of aromatic nitrogens is 2. The second-order valence-corrected chi connectivity index (χ2v) is 7.15. The lowest BCUT2D eigenvalue weighted by Crippen LogP contribution is -2.21. The summed E-state index contributed by atoms with van der Waals surface area (Å²) in [6, 6.07) is 12.7. The van der Waals surface area contributed by atoms with E-state index < -0.39 is 11.7 Å². The molecule has 0 saturated carbocycles. The Labute approximate surface area is 180 Å². The van der Waals surface area contributed by atoms with Gasteiger partial charge in [-0.15, -0.1) is 0 Å². The number of rotatable bonds is 7. The number of nitrogens with one attached hydrogen (secondary N) is 1. The summed E-state index contributed by atoms with van der Waals surface area (Å²) in [5.41, 5.74) is 7.10. The lowest BCUT2D eigenvalue weighted by molar-refractivity contribution is -0.137. The average Bonchev–Trinajstić information content (AvgIpc) is 3.02. The summed E-state index contributed by atoms with van der Waals surface area (Å²) in [6.07, 6.45) is -1.98. The third-order valence-electron chi connectivity index (χ3n) is 5.18. The molecule has 0 atom stereocenters. The predicted octanol–water partition coefficient (Wildman–Crippen LogP) is 5.80. The quantitative estimate of drug-likeness (QED) is 0.381. The van der Waals surface area contributed by atoms with Crippen LogP contribution in [0.1, 0.15) is 36.4 Å². The van der Waals surface area contributed by atoms with E-state index in [4.69, 9.17) is 0 Å². The molecule has 0 bridgehead atoms. The number of anilines is 2. The molecule has 0 unspecified atom stereocenters. The van der Waals surface area contributed by atoms with Crippen molar-refractivity contribution in [1.29, 1.82) is 0 Å². The lowest BCUT2D eigenvalue weighted by Gasteiger charge is -2.21. The summed E-state index contributed by atoms with van der Waals surface area (Å²) < 4.78 is 40.0. The minimum atomic E-state index is -4.41. The highest BCUT2D eigenvalue weighted by Crippen LogP contribution is 2.29. The zero-order chi connectivity index (χ0) is 22.6. The number of alkyl halides is 3. The van der Waals surface area contributed by atoms with Gasteiger partial charge in [-0.25, -0.2) is 4.98 Å². The largest absolute Gasteiger partial charge is 0.417 e. The minimum Gasteiger partial charge on any atom is -0.372 e. The number of hydrogen-bond acceptors (Lipinski definition) is 4. The fourth-order valence-corrected chi connectivity index (χ4v) is 3.51. The molecule has 1 N–H and O–H groups in total. The van der Waals surface area contributed by atoms with Crippen LogP contribution in [0, 0.1) is 13.8 Å². The van der Waals surface area contributed by atoms with Crippen molar-refractivity contribution >= 4 is 17.7 Å². The lowest BCUT2D eigenvalue weighted by atomic mass is 10.2. The van der Waals surface area contributed by atoms with Crippen LogP contribution in [-0.2, 0) is 6.18 Å². The van der Waals surface area contributed by atoms with Crippen molar-refractivity contribution in [2.45, 2.75) is 33.9 Å². The minimum absolute atomic E-state index is 0.241. The molecule has 2 heterocycles. The Morgan fingerprint density at radius 1 is 1.06 bits per heavy atom. The molecule has 0 aliphatic carbocycles. The van der Waals surface area contributed by atoms with Crippen LogP contribution in [-0.4, -0.2) is 28.9 Å². The molecule has 5 nitrogen and oxygen atoms in total. The van der Waals surface area contributed by atoms with Crippen LogP contribution in [0.25, 0.3) is 5.69 Å². The first-order valence-corrected chi connectivity index (χ1v) is 10.1. The molecular weight excluding hydrogens is 403 g/mol. The van der Waals surface area contributed by atoms with Gasteiger partial charge in [0.1, 0.15) is 5.82 Å². The van der Waals surface area contributed by atoms with E-state index in [0.29, 0.717) is 0 Å². The predicted molar refractivity (Wildman–Crippen MR) is 119 cm³/mol. The normalized spacial score (nSPS) is 11.8. The third kappa shape index (κ3) is 5.07. The Morgan fingerprint density at radius 2 is 1.74 bits per heavy atom. The highest BCUT2D eigenvalue weighted by molar-refractivity contribution is 5.82. The summed E-state index contributed by atoms with van der Waals surface area (Å²) in [4.78, 5) is 6.04. The molecule has 0 saturated heterocycles. The van der Waals surface area contributed by atoms with Crippen molar-refractivity contribution in [2.75, 3.05) is 23.4 Å². The summed E-state index contributed by atoms with van der Waals surface area (Å²) in [6.45, 7) is 10.2. The molecule has 0 aliphatic heterocycles. The van der Waals surface area contributed by atoms with Gasteiger partial charge in [0.15, 0.2) is 0 Å². The maximum Gasteiger partial charge on any atom is 0.417 e.